The van der Waals surface area contributed by atoms with Crippen LogP contribution in [0.5, 0.6) is 5.88 Å². The summed E-state index contributed by atoms with van der Waals surface area (Å²) in [4.78, 5) is 4.57. The summed E-state index contributed by atoms with van der Waals surface area (Å²) in [6.45, 7) is 2.22. The van der Waals surface area contributed by atoms with Gasteiger partial charge in [0.05, 0.1) is 31.2 Å². The van der Waals surface area contributed by atoms with E-state index in [0.29, 0.717) is 52.9 Å². The molecule has 0 bridgehead atoms. The summed E-state index contributed by atoms with van der Waals surface area (Å²) < 4.78 is 34.8. The van der Waals surface area contributed by atoms with Crippen LogP contribution in [0.25, 0.3) is 16.6 Å². The number of ether oxygens (including phenoxy) is 1. The number of aromatic nitrogens is 3. The van der Waals surface area contributed by atoms with Gasteiger partial charge in [0.15, 0.2) is 5.82 Å². The molecule has 188 valence electrons. The lowest BCUT2D eigenvalue weighted by atomic mass is 9.90. The molecule has 1 saturated carbocycles. The van der Waals surface area contributed by atoms with Gasteiger partial charge >= 0.3 is 0 Å². The average Bonchev–Trinajstić information content (AvgIpc) is 3.18. The second-order valence-corrected chi connectivity index (χ2v) is 9.21. The molecular weight excluding hydrogens is 452 g/mol. The summed E-state index contributed by atoms with van der Waals surface area (Å²) in [6, 6.07) is 5.28. The van der Waals surface area contributed by atoms with Crippen molar-refractivity contribution in [3.05, 3.63) is 30.2 Å². The molecule has 2 atom stereocenters. The van der Waals surface area contributed by atoms with E-state index in [9.17, 15) is 4.39 Å². The SMILES string of the molecule is COc1nc(N[C@H]2CCCC[C@H](C)CC2)nn2cc(F)c(-c3ccc(N=N)c(NCCCF)c3)c12. The Bertz CT molecular complexity index is 1170. The van der Waals surface area contributed by atoms with Crippen LogP contribution in [0.3, 0.4) is 0 Å². The fourth-order valence-corrected chi connectivity index (χ4v) is 4.70. The molecule has 1 fully saturated rings. The molecule has 3 aromatic rings. The third-order valence-electron chi connectivity index (χ3n) is 6.62. The minimum absolute atomic E-state index is 0.263. The van der Waals surface area contributed by atoms with Gasteiger partial charge in [0, 0.05) is 12.6 Å². The molecule has 1 aromatic carbocycles. The van der Waals surface area contributed by atoms with E-state index < -0.39 is 12.5 Å². The maximum atomic E-state index is 15.3. The molecule has 0 aliphatic heterocycles. The average molecular weight is 486 g/mol. The van der Waals surface area contributed by atoms with E-state index in [4.69, 9.17) is 10.3 Å². The Balaban J connectivity index is 1.68. The third-order valence-corrected chi connectivity index (χ3v) is 6.62. The molecule has 1 aliphatic rings. The number of hydrogen-bond acceptors (Lipinski definition) is 7. The van der Waals surface area contributed by atoms with Gasteiger partial charge in [-0.25, -0.2) is 14.4 Å². The molecule has 0 unspecified atom stereocenters. The molecule has 2 heterocycles. The number of anilines is 2. The van der Waals surface area contributed by atoms with Crippen LogP contribution in [0.15, 0.2) is 29.5 Å². The predicted molar refractivity (Wildman–Crippen MR) is 133 cm³/mol. The molecular formula is C25H33F2N7O. The summed E-state index contributed by atoms with van der Waals surface area (Å²) in [7, 11) is 1.50. The lowest BCUT2D eigenvalue weighted by Gasteiger charge is -2.24. The highest BCUT2D eigenvalue weighted by Gasteiger charge is 2.22. The Kier molecular flexibility index (Phi) is 8.09. The Morgan fingerprint density at radius 3 is 2.83 bits per heavy atom. The number of rotatable bonds is 9. The van der Waals surface area contributed by atoms with Crippen molar-refractivity contribution < 1.29 is 13.5 Å². The molecule has 35 heavy (non-hydrogen) atoms. The quantitative estimate of drug-likeness (QED) is 0.230. The van der Waals surface area contributed by atoms with Crippen LogP contribution >= 0.6 is 0 Å². The van der Waals surface area contributed by atoms with Crippen molar-refractivity contribution in [2.24, 2.45) is 11.0 Å². The van der Waals surface area contributed by atoms with Crippen molar-refractivity contribution in [1.29, 1.82) is 5.53 Å². The number of halogens is 2. The second-order valence-electron chi connectivity index (χ2n) is 9.21. The number of alkyl halides is 1. The van der Waals surface area contributed by atoms with E-state index >= 15 is 4.39 Å². The molecule has 3 N–H and O–H groups in total. The Hall–Kier alpha value is -3.30. The number of nitrogens with one attached hydrogen (secondary N) is 3. The highest BCUT2D eigenvalue weighted by molar-refractivity contribution is 5.88. The Morgan fingerprint density at radius 1 is 1.23 bits per heavy atom. The zero-order valence-corrected chi connectivity index (χ0v) is 20.3. The van der Waals surface area contributed by atoms with Crippen molar-refractivity contribution in [1.82, 2.24) is 14.6 Å². The van der Waals surface area contributed by atoms with Gasteiger partial charge in [-0.2, -0.15) is 10.1 Å². The van der Waals surface area contributed by atoms with E-state index in [1.165, 1.54) is 30.7 Å². The summed E-state index contributed by atoms with van der Waals surface area (Å²) in [5, 5.41) is 14.6. The Labute approximate surface area is 204 Å². The molecule has 4 rings (SSSR count). The fourth-order valence-electron chi connectivity index (χ4n) is 4.70. The first-order valence-corrected chi connectivity index (χ1v) is 12.2. The molecule has 0 radical (unpaired) electrons. The zero-order valence-electron chi connectivity index (χ0n) is 20.3. The molecule has 2 aromatic heterocycles. The van der Waals surface area contributed by atoms with Gasteiger partial charge in [-0.1, -0.05) is 32.3 Å². The lowest BCUT2D eigenvalue weighted by Crippen LogP contribution is -2.24. The summed E-state index contributed by atoms with van der Waals surface area (Å²) >= 11 is 0. The van der Waals surface area contributed by atoms with Crippen LogP contribution < -0.4 is 15.4 Å². The molecule has 8 nitrogen and oxygen atoms in total. The number of benzene rings is 1. The maximum Gasteiger partial charge on any atom is 0.244 e. The van der Waals surface area contributed by atoms with E-state index in [1.54, 1.807) is 18.2 Å². The van der Waals surface area contributed by atoms with Crippen LogP contribution in [0.2, 0.25) is 0 Å². The second kappa shape index (κ2) is 11.4. The van der Waals surface area contributed by atoms with E-state index in [1.807, 2.05) is 0 Å². The molecule has 0 saturated heterocycles. The minimum atomic E-state index is -0.472. The summed E-state index contributed by atoms with van der Waals surface area (Å²) in [5.74, 6) is 0.914. The monoisotopic (exact) mass is 485 g/mol. The number of hydrogen-bond donors (Lipinski definition) is 3. The van der Waals surface area contributed by atoms with Crippen LogP contribution in [0.4, 0.5) is 26.1 Å². The van der Waals surface area contributed by atoms with E-state index in [-0.39, 0.29) is 11.9 Å². The largest absolute Gasteiger partial charge is 0.479 e. The lowest BCUT2D eigenvalue weighted by molar-refractivity contribution is 0.383. The van der Waals surface area contributed by atoms with E-state index in [2.05, 4.69) is 32.8 Å². The van der Waals surface area contributed by atoms with Gasteiger partial charge in [-0.3, -0.25) is 4.39 Å². The smallest absolute Gasteiger partial charge is 0.244 e. The summed E-state index contributed by atoms with van der Waals surface area (Å²) in [6.07, 6.45) is 8.55. The van der Waals surface area contributed by atoms with Gasteiger partial charge < -0.3 is 15.4 Å². The number of nitrogens with zero attached hydrogens (tertiary/aromatic N) is 4. The highest BCUT2D eigenvalue weighted by atomic mass is 19.1. The van der Waals surface area contributed by atoms with Gasteiger partial charge in [-0.15, -0.1) is 5.10 Å². The minimum Gasteiger partial charge on any atom is -0.479 e. The van der Waals surface area contributed by atoms with Crippen LogP contribution in [-0.2, 0) is 0 Å². The number of methoxy groups -OCH3 is 1. The van der Waals surface area contributed by atoms with Crippen LogP contribution in [0, 0.1) is 17.3 Å². The van der Waals surface area contributed by atoms with Gasteiger partial charge in [0.2, 0.25) is 11.8 Å². The van der Waals surface area contributed by atoms with Gasteiger partial charge in [-0.05, 0) is 49.3 Å². The molecule has 0 spiro atoms. The van der Waals surface area contributed by atoms with Gasteiger partial charge in [0.25, 0.3) is 0 Å². The van der Waals surface area contributed by atoms with Crippen LogP contribution in [0.1, 0.15) is 51.9 Å². The first-order valence-electron chi connectivity index (χ1n) is 12.2. The van der Waals surface area contributed by atoms with Crippen molar-refractivity contribution in [2.75, 3.05) is 31.0 Å². The zero-order chi connectivity index (χ0) is 24.8. The standard InChI is InChI=1S/C25H33F2N7O/c1-16-6-3-4-7-18(10-8-16)30-25-31-24(35-2)23-22(19(27)15-34(23)33-25)17-9-11-20(32-28)21(14-17)29-13-5-12-26/h9,11,14-16,18,28-29H,3-8,10,12-13H2,1-2H3,(H,30,33)/t16-,18-/m0/s1. The van der Waals surface area contributed by atoms with Crippen molar-refractivity contribution in [2.45, 2.75) is 57.9 Å². The van der Waals surface area contributed by atoms with E-state index in [0.717, 1.165) is 25.7 Å². The maximum absolute atomic E-state index is 15.3. The molecule has 0 amide bonds. The topological polar surface area (TPSA) is 99.7 Å². The molecule has 10 heteroatoms. The van der Waals surface area contributed by atoms with Crippen LogP contribution in [-0.4, -0.2) is 41.0 Å². The highest BCUT2D eigenvalue weighted by Crippen LogP contribution is 2.38. The van der Waals surface area contributed by atoms with Crippen molar-refractivity contribution in [3.63, 3.8) is 0 Å². The van der Waals surface area contributed by atoms with Crippen molar-refractivity contribution in [3.8, 4) is 17.0 Å². The normalized spacial score (nSPS) is 18.6. The Morgan fingerprint density at radius 2 is 2.06 bits per heavy atom. The molecule has 1 aliphatic carbocycles. The van der Waals surface area contributed by atoms with Gasteiger partial charge in [0.1, 0.15) is 11.2 Å². The first kappa shape index (κ1) is 24.8. The third kappa shape index (κ3) is 5.68. The number of fused-ring (bicyclic) bond motifs is 1. The summed E-state index contributed by atoms with van der Waals surface area (Å²) in [5.41, 5.74) is 9.57. The predicted octanol–water partition coefficient (Wildman–Crippen LogP) is 6.75. The first-order chi connectivity index (χ1) is 17.0. The fraction of sp³-hybridized carbons (Fsp3) is 0.520. The van der Waals surface area contributed by atoms with Crippen molar-refractivity contribution >= 4 is 22.8 Å².